The number of aromatic nitrogens is 2. The molecule has 0 aliphatic rings. The molecule has 1 aromatic carbocycles. The third-order valence-corrected chi connectivity index (χ3v) is 3.96. The third kappa shape index (κ3) is 3.83. The summed E-state index contributed by atoms with van der Waals surface area (Å²) < 4.78 is 39.6. The number of nitrogens with zero attached hydrogens (tertiary/aromatic N) is 3. The lowest BCUT2D eigenvalue weighted by Gasteiger charge is -2.22. The number of fused-ring (bicyclic) bond motifs is 1. The Labute approximate surface area is 143 Å². The molecule has 1 atom stereocenters. The van der Waals surface area contributed by atoms with Crippen molar-refractivity contribution in [2.24, 2.45) is 0 Å². The van der Waals surface area contributed by atoms with Gasteiger partial charge in [-0.2, -0.15) is 13.2 Å². The highest BCUT2D eigenvalue weighted by Gasteiger charge is 2.38. The molecule has 7 heteroatoms. The minimum Gasteiger partial charge on any atom is -0.382 e. The minimum atomic E-state index is -4.63. The SMILES string of the molecule is CN(Cc1c(-c2ccccc2)nc2ccccn12)CC(O)C(F)(F)F. The Morgan fingerprint density at radius 2 is 1.80 bits per heavy atom. The summed E-state index contributed by atoms with van der Waals surface area (Å²) >= 11 is 0. The number of aliphatic hydroxyl groups excluding tert-OH is 1. The Balaban J connectivity index is 1.94. The second-order valence-corrected chi connectivity index (χ2v) is 5.96. The number of hydrogen-bond donors (Lipinski definition) is 1. The normalized spacial score (nSPS) is 13.5. The van der Waals surface area contributed by atoms with E-state index in [9.17, 15) is 18.3 Å². The highest BCUT2D eigenvalue weighted by molar-refractivity contribution is 5.66. The van der Waals surface area contributed by atoms with Crippen molar-refractivity contribution >= 4 is 5.65 Å². The smallest absolute Gasteiger partial charge is 0.382 e. The quantitative estimate of drug-likeness (QED) is 0.768. The lowest BCUT2D eigenvalue weighted by molar-refractivity contribution is -0.207. The number of rotatable bonds is 5. The van der Waals surface area contributed by atoms with E-state index in [1.807, 2.05) is 59.1 Å². The van der Waals surface area contributed by atoms with Gasteiger partial charge >= 0.3 is 6.18 Å². The van der Waals surface area contributed by atoms with E-state index >= 15 is 0 Å². The van der Waals surface area contributed by atoms with Gasteiger partial charge in [-0.15, -0.1) is 0 Å². The first-order chi connectivity index (χ1) is 11.9. The number of imidazole rings is 1. The fraction of sp³-hybridized carbons (Fsp3) is 0.278. The Kier molecular flexibility index (Phi) is 4.78. The van der Waals surface area contributed by atoms with Crippen LogP contribution in [0.1, 0.15) is 5.69 Å². The topological polar surface area (TPSA) is 40.8 Å². The molecule has 1 N–H and O–H groups in total. The summed E-state index contributed by atoms with van der Waals surface area (Å²) in [6, 6.07) is 15.0. The molecule has 0 fully saturated rings. The minimum absolute atomic E-state index is 0.225. The molecule has 0 saturated heterocycles. The Morgan fingerprint density at radius 3 is 2.48 bits per heavy atom. The van der Waals surface area contributed by atoms with E-state index in [0.29, 0.717) is 0 Å². The lowest BCUT2D eigenvalue weighted by atomic mass is 10.1. The van der Waals surface area contributed by atoms with Crippen LogP contribution >= 0.6 is 0 Å². The third-order valence-electron chi connectivity index (χ3n) is 3.96. The maximum atomic E-state index is 12.6. The van der Waals surface area contributed by atoms with E-state index < -0.39 is 18.8 Å². The van der Waals surface area contributed by atoms with Crippen LogP contribution in [-0.2, 0) is 6.54 Å². The van der Waals surface area contributed by atoms with Crippen LogP contribution in [0.5, 0.6) is 0 Å². The van der Waals surface area contributed by atoms with Gasteiger partial charge in [0.15, 0.2) is 6.10 Å². The predicted octanol–water partition coefficient (Wildman–Crippen LogP) is 3.36. The number of alkyl halides is 3. The van der Waals surface area contributed by atoms with Crippen LogP contribution in [0.2, 0.25) is 0 Å². The van der Waals surface area contributed by atoms with Gasteiger partial charge in [0.1, 0.15) is 5.65 Å². The Hall–Kier alpha value is -2.38. The van der Waals surface area contributed by atoms with Crippen molar-refractivity contribution in [2.75, 3.05) is 13.6 Å². The van der Waals surface area contributed by atoms with Crippen molar-refractivity contribution in [2.45, 2.75) is 18.8 Å². The molecule has 3 aromatic rings. The zero-order valence-electron chi connectivity index (χ0n) is 13.6. The second kappa shape index (κ2) is 6.85. The lowest BCUT2D eigenvalue weighted by Crippen LogP contribution is -2.39. The number of likely N-dealkylation sites (N-methyl/N-ethyl adjacent to an activating group) is 1. The van der Waals surface area contributed by atoms with Gasteiger partial charge in [0.25, 0.3) is 0 Å². The molecular weight excluding hydrogens is 331 g/mol. The molecule has 2 heterocycles. The van der Waals surface area contributed by atoms with Crippen LogP contribution < -0.4 is 0 Å². The van der Waals surface area contributed by atoms with Crippen molar-refractivity contribution in [3.8, 4) is 11.3 Å². The number of benzene rings is 1. The second-order valence-electron chi connectivity index (χ2n) is 5.96. The van der Waals surface area contributed by atoms with E-state index in [1.54, 1.807) is 7.05 Å². The largest absolute Gasteiger partial charge is 0.415 e. The molecule has 3 rings (SSSR count). The average molecular weight is 349 g/mol. The molecule has 1 unspecified atom stereocenters. The van der Waals surface area contributed by atoms with Crippen molar-refractivity contribution in [3.05, 3.63) is 60.4 Å². The average Bonchev–Trinajstić information content (AvgIpc) is 2.93. The van der Waals surface area contributed by atoms with Gasteiger partial charge < -0.3 is 9.51 Å². The summed E-state index contributed by atoms with van der Waals surface area (Å²) in [4.78, 5) is 6.06. The zero-order chi connectivity index (χ0) is 18.0. The van der Waals surface area contributed by atoms with E-state index in [4.69, 9.17) is 0 Å². The monoisotopic (exact) mass is 349 g/mol. The number of hydrogen-bond acceptors (Lipinski definition) is 3. The van der Waals surface area contributed by atoms with E-state index in [-0.39, 0.29) is 6.54 Å². The number of halogens is 3. The van der Waals surface area contributed by atoms with E-state index in [1.165, 1.54) is 4.90 Å². The van der Waals surface area contributed by atoms with E-state index in [2.05, 4.69) is 4.98 Å². The molecule has 4 nitrogen and oxygen atoms in total. The first kappa shape index (κ1) is 17.4. The van der Waals surface area contributed by atoms with E-state index in [0.717, 1.165) is 22.6 Å². The molecule has 25 heavy (non-hydrogen) atoms. The van der Waals surface area contributed by atoms with Crippen LogP contribution in [0.3, 0.4) is 0 Å². The molecule has 0 radical (unpaired) electrons. The molecule has 0 spiro atoms. The van der Waals surface area contributed by atoms with Gasteiger partial charge in [-0.05, 0) is 19.2 Å². The van der Waals surface area contributed by atoms with Gasteiger partial charge in [0, 0.05) is 24.8 Å². The highest BCUT2D eigenvalue weighted by Crippen LogP contribution is 2.26. The standard InChI is InChI=1S/C18H18F3N3O/c1-23(12-15(25)18(19,20)21)11-14-17(13-7-3-2-4-8-13)22-16-9-5-6-10-24(14)16/h2-10,15,25H,11-12H2,1H3. The van der Waals surface area contributed by atoms with Gasteiger partial charge in [-0.1, -0.05) is 36.4 Å². The van der Waals surface area contributed by atoms with Gasteiger partial charge in [0.2, 0.25) is 0 Å². The molecule has 0 bridgehead atoms. The fourth-order valence-corrected chi connectivity index (χ4v) is 2.74. The van der Waals surface area contributed by atoms with Gasteiger partial charge in [-0.25, -0.2) is 4.98 Å². The Bertz CT molecular complexity index is 846. The van der Waals surface area contributed by atoms with Crippen LogP contribution in [-0.4, -0.2) is 45.3 Å². The molecule has 2 aromatic heterocycles. The fourth-order valence-electron chi connectivity index (χ4n) is 2.74. The summed E-state index contributed by atoms with van der Waals surface area (Å²) in [6.07, 6.45) is -5.18. The van der Waals surface area contributed by atoms with Crippen molar-refractivity contribution in [1.82, 2.24) is 14.3 Å². The zero-order valence-corrected chi connectivity index (χ0v) is 13.6. The summed E-state index contributed by atoms with van der Waals surface area (Å²) in [5.41, 5.74) is 3.12. The maximum Gasteiger partial charge on any atom is 0.415 e. The molecule has 0 aliphatic carbocycles. The van der Waals surface area contributed by atoms with Crippen molar-refractivity contribution in [1.29, 1.82) is 0 Å². The first-order valence-electron chi connectivity index (χ1n) is 7.81. The molecule has 0 amide bonds. The van der Waals surface area contributed by atoms with Crippen LogP contribution in [0.25, 0.3) is 16.9 Å². The summed E-state index contributed by atoms with van der Waals surface area (Å²) in [7, 11) is 1.55. The van der Waals surface area contributed by atoms with Crippen LogP contribution in [0.4, 0.5) is 13.2 Å². The Morgan fingerprint density at radius 1 is 1.12 bits per heavy atom. The first-order valence-corrected chi connectivity index (χ1v) is 7.81. The van der Waals surface area contributed by atoms with Gasteiger partial charge in [0.05, 0.1) is 11.4 Å². The number of pyridine rings is 1. The van der Waals surface area contributed by atoms with Crippen LogP contribution in [0.15, 0.2) is 54.7 Å². The molecule has 0 saturated carbocycles. The molecule has 132 valence electrons. The van der Waals surface area contributed by atoms with Gasteiger partial charge in [-0.3, -0.25) is 4.90 Å². The van der Waals surface area contributed by atoms with Crippen LogP contribution in [0, 0.1) is 0 Å². The molecule has 0 aliphatic heterocycles. The van der Waals surface area contributed by atoms with Crippen molar-refractivity contribution < 1.29 is 18.3 Å². The highest BCUT2D eigenvalue weighted by atomic mass is 19.4. The summed E-state index contributed by atoms with van der Waals surface area (Å²) in [5, 5.41) is 9.30. The predicted molar refractivity (Wildman–Crippen MR) is 89.0 cm³/mol. The summed E-state index contributed by atoms with van der Waals surface area (Å²) in [5.74, 6) is 0. The molecular formula is C18H18F3N3O. The van der Waals surface area contributed by atoms with Crippen molar-refractivity contribution in [3.63, 3.8) is 0 Å². The summed E-state index contributed by atoms with van der Waals surface area (Å²) in [6.45, 7) is -0.277. The maximum absolute atomic E-state index is 12.6. The number of aliphatic hydroxyl groups is 1.